The van der Waals surface area contributed by atoms with Crippen LogP contribution in [-0.4, -0.2) is 31.0 Å². The van der Waals surface area contributed by atoms with E-state index in [4.69, 9.17) is 5.14 Å². The number of nitro groups is 1. The molecule has 10 heteroatoms. The van der Waals surface area contributed by atoms with Crippen molar-refractivity contribution in [2.24, 2.45) is 5.14 Å². The number of primary sulfonamides is 1. The number of nitrogens with zero attached hydrogens (tertiary/aromatic N) is 2. The quantitative estimate of drug-likeness (QED) is 0.627. The molecule has 20 heavy (non-hydrogen) atoms. The van der Waals surface area contributed by atoms with Gasteiger partial charge in [0.25, 0.3) is 5.69 Å². The van der Waals surface area contributed by atoms with Crippen molar-refractivity contribution < 1.29 is 22.5 Å². The Morgan fingerprint density at radius 3 is 2.55 bits per heavy atom. The van der Waals surface area contributed by atoms with Crippen LogP contribution in [0.5, 0.6) is 0 Å². The lowest BCUT2D eigenvalue weighted by atomic mass is 10.2. The van der Waals surface area contributed by atoms with Gasteiger partial charge in [0, 0.05) is 19.0 Å². The van der Waals surface area contributed by atoms with E-state index < -0.39 is 37.6 Å². The molecular formula is C10H10FN3O5S. The van der Waals surface area contributed by atoms with Gasteiger partial charge in [-0.3, -0.25) is 14.9 Å². The maximum Gasteiger partial charge on any atom is 0.274 e. The number of amides is 1. The molecule has 8 nitrogen and oxygen atoms in total. The molecule has 2 rings (SSSR count). The van der Waals surface area contributed by atoms with Crippen LogP contribution in [0.15, 0.2) is 18.2 Å². The minimum absolute atomic E-state index is 0.0622. The van der Waals surface area contributed by atoms with Gasteiger partial charge in [-0.2, -0.15) is 0 Å². The fourth-order valence-electron chi connectivity index (χ4n) is 1.96. The van der Waals surface area contributed by atoms with Crippen LogP contribution in [0.25, 0.3) is 0 Å². The summed E-state index contributed by atoms with van der Waals surface area (Å²) < 4.78 is 35.7. The van der Waals surface area contributed by atoms with E-state index in [0.717, 1.165) is 17.0 Å². The van der Waals surface area contributed by atoms with Gasteiger partial charge in [0.15, 0.2) is 0 Å². The van der Waals surface area contributed by atoms with Crippen LogP contribution in [0.4, 0.5) is 15.8 Å². The van der Waals surface area contributed by atoms with Gasteiger partial charge in [0.1, 0.15) is 11.1 Å². The Balaban J connectivity index is 2.38. The molecule has 0 bridgehead atoms. The summed E-state index contributed by atoms with van der Waals surface area (Å²) in [7, 11) is -3.90. The molecule has 108 valence electrons. The monoisotopic (exact) mass is 303 g/mol. The number of carbonyl (C=O) groups excluding carboxylic acids is 1. The summed E-state index contributed by atoms with van der Waals surface area (Å²) in [5.41, 5.74) is -0.584. The average molecular weight is 303 g/mol. The first-order chi connectivity index (χ1) is 9.18. The predicted octanol–water partition coefficient (Wildman–Crippen LogP) is 0.128. The predicted molar refractivity (Wildman–Crippen MR) is 66.9 cm³/mol. The van der Waals surface area contributed by atoms with Crippen molar-refractivity contribution in [3.8, 4) is 0 Å². The van der Waals surface area contributed by atoms with Crippen molar-refractivity contribution in [2.75, 3.05) is 11.4 Å². The highest BCUT2D eigenvalue weighted by atomic mass is 32.2. The molecule has 1 fully saturated rings. The second kappa shape index (κ2) is 4.80. The van der Waals surface area contributed by atoms with Gasteiger partial charge in [0.2, 0.25) is 15.9 Å². The third-order valence-electron chi connectivity index (χ3n) is 2.94. The zero-order chi connectivity index (χ0) is 15.1. The normalized spacial score (nSPS) is 19.4. The lowest BCUT2D eigenvalue weighted by Crippen LogP contribution is -2.32. The van der Waals surface area contributed by atoms with Gasteiger partial charge >= 0.3 is 0 Å². The number of nitro benzene ring substituents is 1. The Morgan fingerprint density at radius 1 is 1.40 bits per heavy atom. The number of carbonyl (C=O) groups is 1. The summed E-state index contributed by atoms with van der Waals surface area (Å²) in [6, 6.07) is 2.64. The molecule has 0 aromatic heterocycles. The standard InChI is InChI=1S/C10H10FN3O5S/c11-6-1-7(3-8(2-6)14(16)17)13-5-9(4-10(13)15)20(12,18)19/h1-3,9H,4-5H2,(H2,12,18,19). The lowest BCUT2D eigenvalue weighted by Gasteiger charge is -2.16. The van der Waals surface area contributed by atoms with Gasteiger partial charge < -0.3 is 4.90 Å². The van der Waals surface area contributed by atoms with Crippen LogP contribution in [-0.2, 0) is 14.8 Å². The molecule has 1 aromatic carbocycles. The summed E-state index contributed by atoms with van der Waals surface area (Å²) >= 11 is 0. The molecule has 0 spiro atoms. The van der Waals surface area contributed by atoms with E-state index in [1.54, 1.807) is 0 Å². The number of hydrogen-bond acceptors (Lipinski definition) is 5. The van der Waals surface area contributed by atoms with Crippen molar-refractivity contribution in [3.63, 3.8) is 0 Å². The van der Waals surface area contributed by atoms with E-state index in [1.165, 1.54) is 0 Å². The van der Waals surface area contributed by atoms with Crippen molar-refractivity contribution in [1.82, 2.24) is 0 Å². The second-order valence-corrected chi connectivity index (χ2v) is 6.19. The van der Waals surface area contributed by atoms with Crippen LogP contribution in [0.1, 0.15) is 6.42 Å². The van der Waals surface area contributed by atoms with E-state index in [9.17, 15) is 27.7 Å². The molecule has 1 heterocycles. The molecule has 0 saturated carbocycles. The molecule has 1 aromatic rings. The van der Waals surface area contributed by atoms with Gasteiger partial charge in [-0.1, -0.05) is 0 Å². The van der Waals surface area contributed by atoms with Gasteiger partial charge in [0.05, 0.1) is 16.7 Å². The Hall–Kier alpha value is -2.07. The third kappa shape index (κ3) is 2.75. The Bertz CT molecular complexity index is 690. The fraction of sp³-hybridized carbons (Fsp3) is 0.300. The highest BCUT2D eigenvalue weighted by Crippen LogP contribution is 2.28. The number of anilines is 1. The highest BCUT2D eigenvalue weighted by Gasteiger charge is 2.37. The zero-order valence-electron chi connectivity index (χ0n) is 10.0. The fourth-order valence-corrected chi connectivity index (χ4v) is 2.70. The van der Waals surface area contributed by atoms with E-state index in [-0.39, 0.29) is 18.7 Å². The van der Waals surface area contributed by atoms with Crippen LogP contribution >= 0.6 is 0 Å². The summed E-state index contributed by atoms with van der Waals surface area (Å²) in [6.45, 7) is -0.252. The summed E-state index contributed by atoms with van der Waals surface area (Å²) in [5, 5.41) is 14.5. The topological polar surface area (TPSA) is 124 Å². The largest absolute Gasteiger partial charge is 0.311 e. The maximum absolute atomic E-state index is 13.3. The lowest BCUT2D eigenvalue weighted by molar-refractivity contribution is -0.385. The van der Waals surface area contributed by atoms with Crippen molar-refractivity contribution in [1.29, 1.82) is 0 Å². The van der Waals surface area contributed by atoms with Crippen LogP contribution in [0.3, 0.4) is 0 Å². The van der Waals surface area contributed by atoms with Crippen molar-refractivity contribution in [2.45, 2.75) is 11.7 Å². The molecule has 1 unspecified atom stereocenters. The first-order valence-electron chi connectivity index (χ1n) is 5.45. The molecule has 2 N–H and O–H groups in total. The Morgan fingerprint density at radius 2 is 2.05 bits per heavy atom. The minimum Gasteiger partial charge on any atom is -0.311 e. The van der Waals surface area contributed by atoms with Gasteiger partial charge in [-0.05, 0) is 6.07 Å². The van der Waals surface area contributed by atoms with Crippen LogP contribution < -0.4 is 10.0 Å². The molecule has 1 aliphatic rings. The molecule has 1 aliphatic heterocycles. The van der Waals surface area contributed by atoms with E-state index in [1.807, 2.05) is 0 Å². The number of sulfonamides is 1. The van der Waals surface area contributed by atoms with E-state index in [0.29, 0.717) is 6.07 Å². The number of benzene rings is 1. The van der Waals surface area contributed by atoms with Crippen molar-refractivity contribution in [3.05, 3.63) is 34.1 Å². The molecular weight excluding hydrogens is 293 g/mol. The molecule has 1 saturated heterocycles. The average Bonchev–Trinajstić information content (AvgIpc) is 2.70. The third-order valence-corrected chi connectivity index (χ3v) is 4.19. The van der Waals surface area contributed by atoms with Crippen LogP contribution in [0, 0.1) is 15.9 Å². The van der Waals surface area contributed by atoms with E-state index in [2.05, 4.69) is 0 Å². The number of halogens is 1. The number of nitrogens with two attached hydrogens (primary N) is 1. The van der Waals surface area contributed by atoms with Crippen molar-refractivity contribution >= 4 is 27.3 Å². The first-order valence-corrected chi connectivity index (χ1v) is 7.06. The molecule has 0 radical (unpaired) electrons. The Labute approximate surface area is 113 Å². The molecule has 1 atom stereocenters. The minimum atomic E-state index is -3.90. The summed E-state index contributed by atoms with van der Waals surface area (Å²) in [4.78, 5) is 22.6. The van der Waals surface area contributed by atoms with Gasteiger partial charge in [-0.15, -0.1) is 0 Å². The number of non-ortho nitro benzene ring substituents is 1. The second-order valence-electron chi connectivity index (χ2n) is 4.34. The van der Waals surface area contributed by atoms with E-state index >= 15 is 0 Å². The summed E-state index contributed by atoms with van der Waals surface area (Å²) in [6.07, 6.45) is -0.330. The maximum atomic E-state index is 13.3. The first kappa shape index (κ1) is 14.3. The Kier molecular flexibility index (Phi) is 3.44. The molecule has 0 aliphatic carbocycles. The van der Waals surface area contributed by atoms with Crippen LogP contribution in [0.2, 0.25) is 0 Å². The number of rotatable bonds is 3. The van der Waals surface area contributed by atoms with Gasteiger partial charge in [-0.25, -0.2) is 17.9 Å². The highest BCUT2D eigenvalue weighted by molar-refractivity contribution is 7.89. The SMILES string of the molecule is NS(=O)(=O)C1CC(=O)N(c2cc(F)cc([N+](=O)[O-])c2)C1. The molecule has 1 amide bonds. The smallest absolute Gasteiger partial charge is 0.274 e. The number of hydrogen-bond donors (Lipinski definition) is 1. The zero-order valence-corrected chi connectivity index (χ0v) is 10.8. The summed E-state index contributed by atoms with van der Waals surface area (Å²) in [5.74, 6) is -1.47.